The second-order valence-corrected chi connectivity index (χ2v) is 3.58. The smallest absolute Gasteiger partial charge is 0.194 e. The van der Waals surface area contributed by atoms with E-state index in [1.165, 1.54) is 18.5 Å². The third-order valence-corrected chi connectivity index (χ3v) is 2.48. The quantitative estimate of drug-likeness (QED) is 0.765. The first-order chi connectivity index (χ1) is 6.40. The predicted molar refractivity (Wildman–Crippen MR) is 50.5 cm³/mol. The van der Waals surface area contributed by atoms with Crippen molar-refractivity contribution in [1.82, 2.24) is 4.98 Å². The molecule has 1 aromatic heterocycles. The van der Waals surface area contributed by atoms with Crippen molar-refractivity contribution in [3.63, 3.8) is 0 Å². The molecule has 0 amide bonds. The second-order valence-electron chi connectivity index (χ2n) is 3.58. The molecule has 0 radical (unpaired) electrons. The lowest BCUT2D eigenvalue weighted by Crippen LogP contribution is -2.01. The molecule has 0 bridgehead atoms. The molecule has 0 saturated carbocycles. The highest BCUT2D eigenvalue weighted by Gasteiger charge is 2.16. The minimum atomic E-state index is 0.715. The molecule has 0 saturated heterocycles. The number of fused-ring (bicyclic) bond motifs is 1. The number of aryl methyl sites for hydroxylation is 3. The topological polar surface area (TPSA) is 52.0 Å². The van der Waals surface area contributed by atoms with Gasteiger partial charge < -0.3 is 10.2 Å². The van der Waals surface area contributed by atoms with Crippen LogP contribution in [0, 0.1) is 0 Å². The van der Waals surface area contributed by atoms with Crippen LogP contribution in [0.1, 0.15) is 36.6 Å². The van der Waals surface area contributed by atoms with E-state index in [9.17, 15) is 0 Å². The van der Waals surface area contributed by atoms with Gasteiger partial charge in [-0.3, -0.25) is 0 Å². The van der Waals surface area contributed by atoms with Crippen LogP contribution in [-0.4, -0.2) is 11.5 Å². The van der Waals surface area contributed by atoms with Crippen molar-refractivity contribution in [2.45, 2.75) is 38.5 Å². The summed E-state index contributed by atoms with van der Waals surface area (Å²) in [4.78, 5) is 4.47. The van der Waals surface area contributed by atoms with Crippen molar-refractivity contribution in [2.24, 2.45) is 5.73 Å². The number of rotatable bonds is 3. The van der Waals surface area contributed by atoms with E-state index in [1.54, 1.807) is 0 Å². The number of aromatic nitrogens is 1. The average Bonchev–Trinajstić information content (AvgIpc) is 2.57. The molecule has 72 valence electrons. The van der Waals surface area contributed by atoms with Gasteiger partial charge in [0.1, 0.15) is 5.76 Å². The highest BCUT2D eigenvalue weighted by atomic mass is 16.4. The summed E-state index contributed by atoms with van der Waals surface area (Å²) in [5.74, 6) is 2.01. The van der Waals surface area contributed by atoms with Gasteiger partial charge in [-0.2, -0.15) is 0 Å². The molecule has 1 aliphatic rings. The van der Waals surface area contributed by atoms with Gasteiger partial charge in [0.05, 0.1) is 5.69 Å². The average molecular weight is 180 g/mol. The lowest BCUT2D eigenvalue weighted by atomic mass is 10.0. The molecule has 0 spiro atoms. The Bertz CT molecular complexity index is 257. The van der Waals surface area contributed by atoms with Crippen LogP contribution in [0.5, 0.6) is 0 Å². The molecule has 13 heavy (non-hydrogen) atoms. The number of hydrogen-bond donors (Lipinski definition) is 1. The second kappa shape index (κ2) is 3.92. The summed E-state index contributed by atoms with van der Waals surface area (Å²) in [5, 5.41) is 0. The van der Waals surface area contributed by atoms with E-state index in [0.29, 0.717) is 6.54 Å². The van der Waals surface area contributed by atoms with Gasteiger partial charge >= 0.3 is 0 Å². The molecule has 2 rings (SSSR count). The lowest BCUT2D eigenvalue weighted by molar-refractivity contribution is 0.435. The van der Waals surface area contributed by atoms with E-state index < -0.39 is 0 Å². The Morgan fingerprint density at radius 2 is 2.15 bits per heavy atom. The summed E-state index contributed by atoms with van der Waals surface area (Å²) in [7, 11) is 0. The molecular weight excluding hydrogens is 164 g/mol. The zero-order chi connectivity index (χ0) is 9.10. The van der Waals surface area contributed by atoms with E-state index in [4.69, 9.17) is 10.2 Å². The summed E-state index contributed by atoms with van der Waals surface area (Å²) >= 11 is 0. The highest BCUT2D eigenvalue weighted by Crippen LogP contribution is 2.21. The van der Waals surface area contributed by atoms with Crippen molar-refractivity contribution in [2.75, 3.05) is 6.54 Å². The fourth-order valence-electron chi connectivity index (χ4n) is 1.77. The summed E-state index contributed by atoms with van der Waals surface area (Å²) in [6, 6.07) is 0. The number of nitrogens with two attached hydrogens (primary N) is 1. The van der Waals surface area contributed by atoms with Crippen LogP contribution in [0.25, 0.3) is 0 Å². The Hall–Kier alpha value is -0.830. The molecule has 3 nitrogen and oxygen atoms in total. The first-order valence-corrected chi connectivity index (χ1v) is 5.07. The first kappa shape index (κ1) is 8.75. The summed E-state index contributed by atoms with van der Waals surface area (Å²) in [5.41, 5.74) is 6.62. The molecule has 0 atom stereocenters. The Morgan fingerprint density at radius 3 is 2.92 bits per heavy atom. The number of oxazole rings is 1. The molecule has 2 N–H and O–H groups in total. The van der Waals surface area contributed by atoms with Crippen LogP contribution in [-0.2, 0) is 19.3 Å². The van der Waals surface area contributed by atoms with Crippen LogP contribution < -0.4 is 5.73 Å². The fraction of sp³-hybridized carbons (Fsp3) is 0.700. The van der Waals surface area contributed by atoms with E-state index in [-0.39, 0.29) is 0 Å². The van der Waals surface area contributed by atoms with Gasteiger partial charge in [0.15, 0.2) is 5.89 Å². The normalized spacial score (nSPS) is 15.8. The van der Waals surface area contributed by atoms with E-state index in [0.717, 1.165) is 37.3 Å². The largest absolute Gasteiger partial charge is 0.445 e. The molecule has 1 heterocycles. The predicted octanol–water partition coefficient (Wildman–Crippen LogP) is 1.44. The van der Waals surface area contributed by atoms with Gasteiger partial charge in [0.2, 0.25) is 0 Å². The van der Waals surface area contributed by atoms with Crippen molar-refractivity contribution in [3.8, 4) is 0 Å². The maximum Gasteiger partial charge on any atom is 0.194 e. The van der Waals surface area contributed by atoms with Gasteiger partial charge in [-0.05, 0) is 32.2 Å². The standard InChI is InChI=1S/C10H16N2O/c11-7-3-6-10-12-8-4-1-2-5-9(8)13-10/h1-7,11H2. The lowest BCUT2D eigenvalue weighted by Gasteiger charge is -2.05. The SMILES string of the molecule is NCCCc1nc2c(o1)CCCC2. The first-order valence-electron chi connectivity index (χ1n) is 5.07. The molecular formula is C10H16N2O. The Labute approximate surface area is 78.3 Å². The fourth-order valence-corrected chi connectivity index (χ4v) is 1.77. The van der Waals surface area contributed by atoms with Crippen LogP contribution in [0.2, 0.25) is 0 Å². The van der Waals surface area contributed by atoms with Crippen molar-refractivity contribution >= 4 is 0 Å². The van der Waals surface area contributed by atoms with Gasteiger partial charge in [0, 0.05) is 12.8 Å². The number of nitrogens with zero attached hydrogens (tertiary/aromatic N) is 1. The maximum atomic E-state index is 5.64. The zero-order valence-corrected chi connectivity index (χ0v) is 7.88. The maximum absolute atomic E-state index is 5.64. The minimum Gasteiger partial charge on any atom is -0.445 e. The molecule has 0 aliphatic heterocycles. The summed E-state index contributed by atoms with van der Waals surface area (Å²) < 4.78 is 5.64. The monoisotopic (exact) mass is 180 g/mol. The number of hydrogen-bond acceptors (Lipinski definition) is 3. The molecule has 0 fully saturated rings. The zero-order valence-electron chi connectivity index (χ0n) is 7.88. The Morgan fingerprint density at radius 1 is 1.31 bits per heavy atom. The Kier molecular flexibility index (Phi) is 2.64. The molecule has 0 unspecified atom stereocenters. The van der Waals surface area contributed by atoms with E-state index in [2.05, 4.69) is 4.98 Å². The van der Waals surface area contributed by atoms with Crippen LogP contribution in [0.15, 0.2) is 4.42 Å². The van der Waals surface area contributed by atoms with Crippen molar-refractivity contribution < 1.29 is 4.42 Å². The molecule has 3 heteroatoms. The van der Waals surface area contributed by atoms with Gasteiger partial charge in [-0.25, -0.2) is 4.98 Å². The van der Waals surface area contributed by atoms with Gasteiger partial charge in [0.25, 0.3) is 0 Å². The molecule has 1 aromatic rings. The van der Waals surface area contributed by atoms with Crippen molar-refractivity contribution in [1.29, 1.82) is 0 Å². The Balaban J connectivity index is 2.07. The highest BCUT2D eigenvalue weighted by molar-refractivity contribution is 5.13. The third-order valence-electron chi connectivity index (χ3n) is 2.48. The molecule has 0 aromatic carbocycles. The van der Waals surface area contributed by atoms with Gasteiger partial charge in [-0.15, -0.1) is 0 Å². The summed E-state index contributed by atoms with van der Waals surface area (Å²) in [6.07, 6.45) is 6.55. The third kappa shape index (κ3) is 1.91. The van der Waals surface area contributed by atoms with Crippen LogP contribution in [0.3, 0.4) is 0 Å². The van der Waals surface area contributed by atoms with Crippen LogP contribution in [0.4, 0.5) is 0 Å². The van der Waals surface area contributed by atoms with E-state index in [1.807, 2.05) is 0 Å². The van der Waals surface area contributed by atoms with Crippen molar-refractivity contribution in [3.05, 3.63) is 17.3 Å². The molecule has 1 aliphatic carbocycles. The minimum absolute atomic E-state index is 0.715. The van der Waals surface area contributed by atoms with E-state index >= 15 is 0 Å². The van der Waals surface area contributed by atoms with Crippen LogP contribution >= 0.6 is 0 Å². The van der Waals surface area contributed by atoms with Gasteiger partial charge in [-0.1, -0.05) is 0 Å². The summed E-state index contributed by atoms with van der Waals surface area (Å²) in [6.45, 7) is 0.715.